The van der Waals surface area contributed by atoms with Crippen molar-refractivity contribution >= 4 is 40.3 Å². The molecule has 0 saturated heterocycles. The number of amides is 1. The number of esters is 2. The van der Waals surface area contributed by atoms with Gasteiger partial charge in [-0.05, 0) is 49.5 Å². The Hall–Kier alpha value is -2.87. The largest absolute Gasteiger partial charge is 0.465 e. The quantitative estimate of drug-likeness (QED) is 0.450. The Morgan fingerprint density at radius 1 is 1.25 bits per heavy atom. The van der Waals surface area contributed by atoms with Crippen LogP contribution >= 0.6 is 11.3 Å². The van der Waals surface area contributed by atoms with Crippen LogP contribution in [0.5, 0.6) is 0 Å². The molecule has 7 nitrogen and oxygen atoms in total. The van der Waals surface area contributed by atoms with Gasteiger partial charge in [-0.2, -0.15) is 0 Å². The second kappa shape index (κ2) is 9.36. The van der Waals surface area contributed by atoms with Gasteiger partial charge in [-0.1, -0.05) is 6.42 Å². The van der Waals surface area contributed by atoms with Crippen LogP contribution in [0.4, 0.5) is 5.00 Å². The number of carbonyl (C=O) groups excluding carboxylic acids is 3. The lowest BCUT2D eigenvalue weighted by molar-refractivity contribution is -0.142. The number of anilines is 1. The monoisotopic (exact) mass is 403 g/mol. The lowest BCUT2D eigenvalue weighted by Gasteiger charge is -2.07. The Kier molecular flexibility index (Phi) is 6.65. The average Bonchev–Trinajstić information content (AvgIpc) is 3.26. The molecule has 0 aliphatic heterocycles. The van der Waals surface area contributed by atoms with Crippen LogP contribution < -0.4 is 5.32 Å². The third kappa shape index (κ3) is 4.89. The van der Waals surface area contributed by atoms with Crippen molar-refractivity contribution in [2.45, 2.75) is 32.1 Å². The van der Waals surface area contributed by atoms with Gasteiger partial charge in [0.05, 0.1) is 18.9 Å². The van der Waals surface area contributed by atoms with Gasteiger partial charge in [-0.3, -0.25) is 4.79 Å². The summed E-state index contributed by atoms with van der Waals surface area (Å²) in [5.41, 5.74) is 1.38. The van der Waals surface area contributed by atoms with Crippen LogP contribution in [0.3, 0.4) is 0 Å². The third-order valence-electron chi connectivity index (χ3n) is 4.34. The van der Waals surface area contributed by atoms with Gasteiger partial charge >= 0.3 is 11.9 Å². The number of nitrogens with one attached hydrogen (secondary N) is 1. The van der Waals surface area contributed by atoms with E-state index in [1.807, 2.05) is 0 Å². The molecule has 0 atom stereocenters. The normalized spacial score (nSPS) is 13.6. The van der Waals surface area contributed by atoms with E-state index in [0.29, 0.717) is 16.3 Å². The fourth-order valence-electron chi connectivity index (χ4n) is 3.03. The van der Waals surface area contributed by atoms with Gasteiger partial charge in [-0.15, -0.1) is 11.3 Å². The predicted molar refractivity (Wildman–Crippen MR) is 104 cm³/mol. The minimum absolute atomic E-state index is 0.418. The topological polar surface area (TPSA) is 94.8 Å². The number of aryl methyl sites for hydroxylation is 1. The number of hydrogen-bond donors (Lipinski definition) is 1. The van der Waals surface area contributed by atoms with Crippen LogP contribution in [-0.2, 0) is 31.9 Å². The van der Waals surface area contributed by atoms with E-state index in [0.717, 1.165) is 42.5 Å². The number of hydrogen-bond acceptors (Lipinski definition) is 7. The summed E-state index contributed by atoms with van der Waals surface area (Å²) in [7, 11) is 1.32. The first-order valence-corrected chi connectivity index (χ1v) is 9.81. The molecule has 2 aromatic heterocycles. The number of furan rings is 1. The molecule has 8 heteroatoms. The predicted octanol–water partition coefficient (Wildman–Crippen LogP) is 3.59. The molecule has 0 bridgehead atoms. The average molecular weight is 403 g/mol. The highest BCUT2D eigenvalue weighted by Crippen LogP contribution is 2.37. The number of rotatable bonds is 6. The molecule has 1 amide bonds. The van der Waals surface area contributed by atoms with Crippen molar-refractivity contribution in [2.24, 2.45) is 0 Å². The van der Waals surface area contributed by atoms with Gasteiger partial charge < -0.3 is 19.2 Å². The van der Waals surface area contributed by atoms with Crippen molar-refractivity contribution in [1.29, 1.82) is 0 Å². The number of fused-ring (bicyclic) bond motifs is 1. The molecule has 0 spiro atoms. The zero-order valence-corrected chi connectivity index (χ0v) is 16.3. The molecule has 2 heterocycles. The summed E-state index contributed by atoms with van der Waals surface area (Å²) in [5, 5.41) is 3.14. The summed E-state index contributed by atoms with van der Waals surface area (Å²) < 4.78 is 14.9. The highest BCUT2D eigenvalue weighted by Gasteiger charge is 2.26. The zero-order chi connectivity index (χ0) is 19.9. The molecule has 1 N–H and O–H groups in total. The fourth-order valence-corrected chi connectivity index (χ4v) is 4.33. The van der Waals surface area contributed by atoms with E-state index >= 15 is 0 Å². The van der Waals surface area contributed by atoms with E-state index in [2.05, 4.69) is 5.32 Å². The minimum Gasteiger partial charge on any atom is -0.465 e. The van der Waals surface area contributed by atoms with Crippen LogP contribution in [0.1, 0.15) is 45.8 Å². The SMILES string of the molecule is COC(=O)c1c(NC(=O)COC(=O)/C=C/c2ccco2)sc2c1CCCCC2. The van der Waals surface area contributed by atoms with Crippen molar-refractivity contribution in [3.8, 4) is 0 Å². The highest BCUT2D eigenvalue weighted by molar-refractivity contribution is 7.17. The molecule has 0 unspecified atom stereocenters. The summed E-state index contributed by atoms with van der Waals surface area (Å²) in [6.45, 7) is -0.454. The molecular weight excluding hydrogens is 382 g/mol. The van der Waals surface area contributed by atoms with Crippen LogP contribution in [0.25, 0.3) is 6.08 Å². The van der Waals surface area contributed by atoms with Gasteiger partial charge in [0, 0.05) is 11.0 Å². The molecule has 1 aliphatic carbocycles. The van der Waals surface area contributed by atoms with Crippen LogP contribution in [0.15, 0.2) is 28.9 Å². The summed E-state index contributed by atoms with van der Waals surface area (Å²) in [6, 6.07) is 3.38. The molecule has 2 aromatic rings. The Balaban J connectivity index is 1.63. The second-order valence-corrected chi connectivity index (χ2v) is 7.37. The summed E-state index contributed by atoms with van der Waals surface area (Å²) >= 11 is 1.39. The molecule has 0 aromatic carbocycles. The Morgan fingerprint density at radius 3 is 2.82 bits per heavy atom. The lowest BCUT2D eigenvalue weighted by atomic mass is 10.1. The van der Waals surface area contributed by atoms with E-state index in [1.165, 1.54) is 36.9 Å². The number of thiophene rings is 1. The summed E-state index contributed by atoms with van der Waals surface area (Å²) in [6.07, 6.45) is 8.96. The van der Waals surface area contributed by atoms with Crippen molar-refractivity contribution in [3.63, 3.8) is 0 Å². The van der Waals surface area contributed by atoms with Gasteiger partial charge in [0.25, 0.3) is 5.91 Å². The summed E-state index contributed by atoms with van der Waals surface area (Å²) in [4.78, 5) is 37.3. The maximum absolute atomic E-state index is 12.3. The van der Waals surface area contributed by atoms with Crippen molar-refractivity contribution < 1.29 is 28.3 Å². The van der Waals surface area contributed by atoms with E-state index in [-0.39, 0.29) is 0 Å². The molecule has 0 fully saturated rings. The first-order chi connectivity index (χ1) is 13.6. The second-order valence-electron chi connectivity index (χ2n) is 6.26. The highest BCUT2D eigenvalue weighted by atomic mass is 32.1. The van der Waals surface area contributed by atoms with Crippen LogP contribution in [0.2, 0.25) is 0 Å². The Labute approximate surface area is 166 Å². The van der Waals surface area contributed by atoms with Gasteiger partial charge in [0.2, 0.25) is 0 Å². The number of ether oxygens (including phenoxy) is 2. The Morgan fingerprint density at radius 2 is 2.07 bits per heavy atom. The van der Waals surface area contributed by atoms with Crippen molar-refractivity contribution in [3.05, 3.63) is 46.2 Å². The molecule has 0 radical (unpaired) electrons. The molecule has 28 heavy (non-hydrogen) atoms. The van der Waals surface area contributed by atoms with E-state index in [1.54, 1.807) is 12.1 Å². The maximum atomic E-state index is 12.3. The smallest absolute Gasteiger partial charge is 0.341 e. The van der Waals surface area contributed by atoms with Crippen LogP contribution in [-0.4, -0.2) is 31.6 Å². The molecule has 3 rings (SSSR count). The van der Waals surface area contributed by atoms with E-state index in [9.17, 15) is 14.4 Å². The summed E-state index contributed by atoms with van der Waals surface area (Å²) in [5.74, 6) is -1.14. The van der Waals surface area contributed by atoms with E-state index < -0.39 is 24.5 Å². The van der Waals surface area contributed by atoms with E-state index in [4.69, 9.17) is 13.9 Å². The van der Waals surface area contributed by atoms with Crippen molar-refractivity contribution in [2.75, 3.05) is 19.0 Å². The number of carbonyl (C=O) groups is 3. The Bertz CT molecular complexity index is 881. The van der Waals surface area contributed by atoms with Gasteiger partial charge in [0.15, 0.2) is 6.61 Å². The number of methoxy groups -OCH3 is 1. The molecular formula is C20H21NO6S. The first-order valence-electron chi connectivity index (χ1n) is 8.99. The van der Waals surface area contributed by atoms with Crippen molar-refractivity contribution in [1.82, 2.24) is 0 Å². The zero-order valence-electron chi connectivity index (χ0n) is 15.5. The first kappa shape index (κ1) is 19.9. The fraction of sp³-hybridized carbons (Fsp3) is 0.350. The maximum Gasteiger partial charge on any atom is 0.341 e. The van der Waals surface area contributed by atoms with Gasteiger partial charge in [-0.25, -0.2) is 9.59 Å². The lowest BCUT2D eigenvalue weighted by Crippen LogP contribution is -2.21. The van der Waals surface area contributed by atoms with Gasteiger partial charge in [0.1, 0.15) is 10.8 Å². The standard InChI is InChI=1S/C20H21NO6S/c1-25-20(24)18-14-7-3-2-4-8-15(14)28-19(18)21-16(22)12-27-17(23)10-9-13-6-5-11-26-13/h5-6,9-11H,2-4,7-8,12H2,1H3,(H,21,22)/b10-9+. The molecule has 0 saturated carbocycles. The minimum atomic E-state index is -0.665. The molecule has 1 aliphatic rings. The van der Waals surface area contributed by atoms with Crippen LogP contribution in [0, 0.1) is 0 Å². The molecule has 148 valence electrons. The third-order valence-corrected chi connectivity index (χ3v) is 5.54.